The van der Waals surface area contributed by atoms with Crippen molar-refractivity contribution in [2.45, 2.75) is 64.6 Å². The van der Waals surface area contributed by atoms with Crippen LogP contribution >= 0.6 is 11.3 Å². The highest BCUT2D eigenvalue weighted by atomic mass is 32.1. The van der Waals surface area contributed by atoms with Crippen molar-refractivity contribution < 1.29 is 37.7 Å². The summed E-state index contributed by atoms with van der Waals surface area (Å²) in [6.45, 7) is 2.23. The summed E-state index contributed by atoms with van der Waals surface area (Å²) in [5.41, 5.74) is 1.02. The van der Waals surface area contributed by atoms with Gasteiger partial charge in [-0.1, -0.05) is 19.3 Å². The second-order valence-corrected chi connectivity index (χ2v) is 10.8. The molecule has 4 aromatic rings. The van der Waals surface area contributed by atoms with Crippen molar-refractivity contribution in [1.82, 2.24) is 29.5 Å². The number of aliphatic hydroxyl groups is 1. The minimum Gasteiger partial charge on any atom is -0.397 e. The van der Waals surface area contributed by atoms with Gasteiger partial charge in [-0.25, -0.2) is 19.0 Å². The topological polar surface area (TPSA) is 163 Å². The Kier molecular flexibility index (Phi) is 17.8. The number of halogens is 2. The number of aromatic nitrogens is 6. The Labute approximate surface area is 275 Å². The fourth-order valence-electron chi connectivity index (χ4n) is 4.28. The van der Waals surface area contributed by atoms with Gasteiger partial charge in [0, 0.05) is 64.1 Å². The summed E-state index contributed by atoms with van der Waals surface area (Å²) in [6.07, 6.45) is 12.4. The monoisotopic (exact) mass is 677 g/mol. The number of rotatable bonds is 10. The van der Waals surface area contributed by atoms with Crippen LogP contribution in [0.1, 0.15) is 68.4 Å². The number of carbonyl (C=O) groups is 3. The highest BCUT2D eigenvalue weighted by molar-refractivity contribution is 7.13. The van der Waals surface area contributed by atoms with Crippen LogP contribution < -0.4 is 5.32 Å². The second-order valence-electron chi connectivity index (χ2n) is 9.94. The van der Waals surface area contributed by atoms with Gasteiger partial charge in [-0.05, 0) is 31.9 Å². The highest BCUT2D eigenvalue weighted by Crippen LogP contribution is 2.34. The smallest absolute Gasteiger partial charge is 0.275 e. The summed E-state index contributed by atoms with van der Waals surface area (Å²) in [5, 5.41) is 21.3. The van der Waals surface area contributed by atoms with Crippen molar-refractivity contribution in [1.29, 1.82) is 0 Å². The molecule has 0 unspecified atom stereocenters. The first kappa shape index (κ1) is 38.9. The first-order chi connectivity index (χ1) is 22.8. The number of aliphatic hydroxyl groups excluding tert-OH is 1. The van der Waals surface area contributed by atoms with Gasteiger partial charge < -0.3 is 29.5 Å². The Balaban J connectivity index is 0.000000554. The molecule has 2 N–H and O–H groups in total. The lowest BCUT2D eigenvalue weighted by molar-refractivity contribution is -0.112. The maximum Gasteiger partial charge on any atom is 0.275 e. The molecule has 0 spiro atoms. The number of nitrogens with one attached hydrogen (secondary N) is 1. The van der Waals surface area contributed by atoms with E-state index >= 15 is 0 Å². The van der Waals surface area contributed by atoms with Crippen molar-refractivity contribution in [3.8, 4) is 22.0 Å². The van der Waals surface area contributed by atoms with Gasteiger partial charge in [0.15, 0.2) is 5.82 Å². The number of amides is 1. The number of hydrogen-bond acceptors (Lipinski definition) is 11. The van der Waals surface area contributed by atoms with Crippen LogP contribution in [0.15, 0.2) is 36.1 Å². The highest BCUT2D eigenvalue weighted by Gasteiger charge is 2.24. The van der Waals surface area contributed by atoms with Crippen LogP contribution in [0.2, 0.25) is 0 Å². The lowest BCUT2D eigenvalue weighted by Gasteiger charge is -2.21. The van der Waals surface area contributed by atoms with Crippen LogP contribution in [0.5, 0.6) is 0 Å². The molecule has 0 radical (unpaired) electrons. The van der Waals surface area contributed by atoms with E-state index in [1.807, 2.05) is 0 Å². The molecule has 1 saturated carbocycles. The third kappa shape index (κ3) is 12.5. The molecule has 13 nitrogen and oxygen atoms in total. The minimum atomic E-state index is -0.830. The number of aldehydes is 2. The largest absolute Gasteiger partial charge is 0.397 e. The average Bonchev–Trinajstić information content (AvgIpc) is 3.83. The Bertz CT molecular complexity index is 1510. The normalized spacial score (nSPS) is 12.4. The van der Waals surface area contributed by atoms with Gasteiger partial charge in [-0.2, -0.15) is 14.6 Å². The van der Waals surface area contributed by atoms with E-state index in [1.165, 1.54) is 11.3 Å². The molecule has 0 bridgehead atoms. The molecule has 1 aliphatic rings. The summed E-state index contributed by atoms with van der Waals surface area (Å²) in [5.74, 6) is -2.04. The van der Waals surface area contributed by atoms with E-state index in [-0.39, 0.29) is 35.4 Å². The van der Waals surface area contributed by atoms with Crippen molar-refractivity contribution in [3.05, 3.63) is 53.6 Å². The lowest BCUT2D eigenvalue weighted by atomic mass is 9.96. The van der Waals surface area contributed by atoms with Gasteiger partial charge in [-0.3, -0.25) is 9.48 Å². The third-order valence-corrected chi connectivity index (χ3v) is 7.14. The first-order valence-corrected chi connectivity index (χ1v) is 15.7. The van der Waals surface area contributed by atoms with Crippen molar-refractivity contribution >= 4 is 35.5 Å². The van der Waals surface area contributed by atoms with Crippen LogP contribution in [0.3, 0.4) is 0 Å². The molecular formula is C31H41F2N7O6S. The molecule has 1 amide bonds. The number of nitrogens with zero attached hydrogens (tertiary/aromatic N) is 6. The fraction of sp³-hybridized carbons (Fsp3) is 0.452. The van der Waals surface area contributed by atoms with Crippen LogP contribution in [-0.4, -0.2) is 81.1 Å². The van der Waals surface area contributed by atoms with E-state index in [4.69, 9.17) is 9.84 Å². The van der Waals surface area contributed by atoms with E-state index in [9.17, 15) is 23.2 Å². The van der Waals surface area contributed by atoms with E-state index in [2.05, 4.69) is 30.2 Å². The maximum absolute atomic E-state index is 14.6. The SMILES string of the molecule is CCO.COC.COCn1cc(-c2nc(C(=O)Nc3cn(C4CCCCC4)nc3-c3nc(F)ccc3F)cs2)cn1.O=CCCC=O. The van der Waals surface area contributed by atoms with Crippen LogP contribution in [-0.2, 0) is 25.8 Å². The number of pyridine rings is 1. The first-order valence-electron chi connectivity index (χ1n) is 14.8. The van der Waals surface area contributed by atoms with Crippen molar-refractivity contribution in [2.75, 3.05) is 33.3 Å². The van der Waals surface area contributed by atoms with Crippen LogP contribution in [0, 0.1) is 11.8 Å². The summed E-state index contributed by atoms with van der Waals surface area (Å²) >= 11 is 1.30. The predicted molar refractivity (Wildman–Crippen MR) is 173 cm³/mol. The van der Waals surface area contributed by atoms with Gasteiger partial charge in [0.25, 0.3) is 5.91 Å². The quantitative estimate of drug-likeness (QED) is 0.127. The predicted octanol–water partition coefficient (Wildman–Crippen LogP) is 5.33. The number of unbranched alkanes of at least 4 members (excludes halogenated alkanes) is 1. The summed E-state index contributed by atoms with van der Waals surface area (Å²) < 4.78 is 41.1. The number of carbonyl (C=O) groups excluding carboxylic acids is 3. The van der Waals surface area contributed by atoms with E-state index in [0.717, 1.165) is 62.4 Å². The molecule has 4 aromatic heterocycles. The molecule has 4 heterocycles. The third-order valence-electron chi connectivity index (χ3n) is 6.25. The average molecular weight is 678 g/mol. The van der Waals surface area contributed by atoms with E-state index in [0.29, 0.717) is 24.6 Å². The molecule has 47 heavy (non-hydrogen) atoms. The standard InChI is InChI=1S/C23H23F2N7O2S.C4H6O2.2C2H6O/c1-34-13-31-10-14(9-26-31)23-28-18(12-35-23)22(33)27-17-11-32(15-5-3-2-4-6-15)30-21(17)20-16(24)7-8-19(25)29-20;5-3-1-2-4-6;1-3-2;1-2-3/h7-12,15H,2-6,13H2,1H3,(H,27,33);3-4H,1-2H2;1-2H3;3H,2H2,1H3. The number of ether oxygens (including phenoxy) is 2. The van der Waals surface area contributed by atoms with E-state index < -0.39 is 17.7 Å². The lowest BCUT2D eigenvalue weighted by Crippen LogP contribution is -2.14. The van der Waals surface area contributed by atoms with Crippen molar-refractivity contribution in [2.24, 2.45) is 0 Å². The summed E-state index contributed by atoms with van der Waals surface area (Å²) in [4.78, 5) is 40.0. The molecule has 0 saturated heterocycles. The zero-order valence-electron chi connectivity index (χ0n) is 26.9. The van der Waals surface area contributed by atoms with Gasteiger partial charge in [0.2, 0.25) is 5.95 Å². The maximum atomic E-state index is 14.6. The second kappa shape index (κ2) is 21.5. The van der Waals surface area contributed by atoms with Gasteiger partial charge in [0.1, 0.15) is 41.4 Å². The minimum absolute atomic E-state index is 0.0808. The zero-order valence-corrected chi connectivity index (χ0v) is 27.7. The Hall–Kier alpha value is -4.25. The van der Waals surface area contributed by atoms with Gasteiger partial charge >= 0.3 is 0 Å². The molecule has 0 aromatic carbocycles. The number of thiazole rings is 1. The van der Waals surface area contributed by atoms with Gasteiger partial charge in [-0.15, -0.1) is 11.3 Å². The van der Waals surface area contributed by atoms with E-state index in [1.54, 1.807) is 61.6 Å². The van der Waals surface area contributed by atoms with Crippen LogP contribution in [0.25, 0.3) is 22.0 Å². The molecule has 256 valence electrons. The van der Waals surface area contributed by atoms with Crippen molar-refractivity contribution in [3.63, 3.8) is 0 Å². The summed E-state index contributed by atoms with van der Waals surface area (Å²) in [7, 11) is 4.82. The zero-order chi connectivity index (χ0) is 34.6. The number of anilines is 1. The van der Waals surface area contributed by atoms with Crippen LogP contribution in [0.4, 0.5) is 14.5 Å². The molecule has 5 rings (SSSR count). The molecule has 16 heteroatoms. The fourth-order valence-corrected chi connectivity index (χ4v) is 5.06. The molecule has 1 aliphatic carbocycles. The van der Waals surface area contributed by atoms with Gasteiger partial charge in [0.05, 0.1) is 17.9 Å². The Morgan fingerprint density at radius 2 is 1.72 bits per heavy atom. The Morgan fingerprint density at radius 3 is 2.34 bits per heavy atom. The molecule has 0 aliphatic heterocycles. The molecule has 0 atom stereocenters. The molecule has 1 fully saturated rings. The molecular weight excluding hydrogens is 636 g/mol. The number of hydrogen-bond donors (Lipinski definition) is 2. The summed E-state index contributed by atoms with van der Waals surface area (Å²) in [6, 6.07) is 2.07. The Morgan fingerprint density at radius 1 is 1.06 bits per heavy atom. The number of methoxy groups -OCH3 is 2.